The number of aliphatic hydroxyl groups is 1. The summed E-state index contributed by atoms with van der Waals surface area (Å²) in [4.78, 5) is 12.6. The molecule has 1 amide bonds. The number of para-hydroxylation sites is 1. The van der Waals surface area contributed by atoms with Crippen molar-refractivity contribution in [2.75, 3.05) is 13.2 Å². The third kappa shape index (κ3) is 3.88. The fraction of sp³-hybridized carbons (Fsp3) is 0.450. The Bertz CT molecular complexity index is 704. The number of hydrogen-bond donors (Lipinski definition) is 2. The largest absolute Gasteiger partial charge is 0.396 e. The summed E-state index contributed by atoms with van der Waals surface area (Å²) >= 11 is 0. The lowest BCUT2D eigenvalue weighted by molar-refractivity contribution is 0.0943. The second-order valence-electron chi connectivity index (χ2n) is 6.40. The van der Waals surface area contributed by atoms with Gasteiger partial charge in [-0.3, -0.25) is 4.79 Å². The van der Waals surface area contributed by atoms with E-state index in [4.69, 9.17) is 5.11 Å². The van der Waals surface area contributed by atoms with E-state index >= 15 is 0 Å². The smallest absolute Gasteiger partial charge is 0.253 e. The highest BCUT2D eigenvalue weighted by Gasteiger charge is 2.18. The number of aryl methyl sites for hydroxylation is 2. The Kier molecular flexibility index (Phi) is 6.21. The van der Waals surface area contributed by atoms with E-state index in [0.717, 1.165) is 35.5 Å². The normalized spacial score (nSPS) is 12.2. The summed E-state index contributed by atoms with van der Waals surface area (Å²) in [5.74, 6) is 0.276. The number of benzene rings is 1. The SMILES string of the molecule is CC[C@@H](CCO)CNC(=O)c1cc(C)n(-c2ccccc2C)c1C. The maximum atomic E-state index is 12.6. The molecule has 0 unspecified atom stereocenters. The van der Waals surface area contributed by atoms with Crippen LogP contribution in [0.1, 0.15) is 47.1 Å². The van der Waals surface area contributed by atoms with Crippen LogP contribution in [0.2, 0.25) is 0 Å². The quantitative estimate of drug-likeness (QED) is 0.817. The Morgan fingerprint density at radius 2 is 1.96 bits per heavy atom. The third-order valence-corrected chi connectivity index (χ3v) is 4.70. The monoisotopic (exact) mass is 328 g/mol. The second kappa shape index (κ2) is 8.15. The molecular weight excluding hydrogens is 300 g/mol. The number of carbonyl (C=O) groups excluding carboxylic acids is 1. The average Bonchev–Trinajstić information content (AvgIpc) is 2.86. The molecule has 2 N–H and O–H groups in total. The molecule has 1 heterocycles. The topological polar surface area (TPSA) is 54.3 Å². The summed E-state index contributed by atoms with van der Waals surface area (Å²) in [6.07, 6.45) is 1.67. The highest BCUT2D eigenvalue weighted by atomic mass is 16.3. The van der Waals surface area contributed by atoms with Gasteiger partial charge in [-0.15, -0.1) is 0 Å². The van der Waals surface area contributed by atoms with E-state index in [2.05, 4.69) is 35.9 Å². The Morgan fingerprint density at radius 1 is 1.25 bits per heavy atom. The maximum Gasteiger partial charge on any atom is 0.253 e. The molecule has 130 valence electrons. The molecule has 1 atom stereocenters. The third-order valence-electron chi connectivity index (χ3n) is 4.70. The molecule has 0 aliphatic rings. The van der Waals surface area contributed by atoms with Crippen molar-refractivity contribution in [1.82, 2.24) is 9.88 Å². The van der Waals surface area contributed by atoms with Crippen LogP contribution in [0.5, 0.6) is 0 Å². The molecule has 2 aromatic rings. The number of aliphatic hydroxyl groups excluding tert-OH is 1. The van der Waals surface area contributed by atoms with Crippen LogP contribution in [0.3, 0.4) is 0 Å². The van der Waals surface area contributed by atoms with Crippen LogP contribution in [0.25, 0.3) is 5.69 Å². The van der Waals surface area contributed by atoms with Crippen molar-refractivity contribution in [2.24, 2.45) is 5.92 Å². The van der Waals surface area contributed by atoms with E-state index in [-0.39, 0.29) is 12.5 Å². The van der Waals surface area contributed by atoms with E-state index in [1.54, 1.807) is 0 Å². The van der Waals surface area contributed by atoms with Crippen molar-refractivity contribution in [2.45, 2.75) is 40.5 Å². The summed E-state index contributed by atoms with van der Waals surface area (Å²) in [5.41, 5.74) is 5.01. The van der Waals surface area contributed by atoms with Gasteiger partial charge in [0, 0.05) is 30.2 Å². The van der Waals surface area contributed by atoms with E-state index in [9.17, 15) is 4.79 Å². The summed E-state index contributed by atoms with van der Waals surface area (Å²) in [5, 5.41) is 12.1. The molecule has 24 heavy (non-hydrogen) atoms. The zero-order valence-electron chi connectivity index (χ0n) is 15.1. The van der Waals surface area contributed by atoms with Gasteiger partial charge in [0.2, 0.25) is 0 Å². The van der Waals surface area contributed by atoms with Gasteiger partial charge >= 0.3 is 0 Å². The molecule has 0 radical (unpaired) electrons. The van der Waals surface area contributed by atoms with Gasteiger partial charge in [-0.1, -0.05) is 31.5 Å². The van der Waals surface area contributed by atoms with E-state index < -0.39 is 0 Å². The van der Waals surface area contributed by atoms with Gasteiger partial charge in [-0.2, -0.15) is 0 Å². The zero-order chi connectivity index (χ0) is 17.7. The fourth-order valence-corrected chi connectivity index (χ4v) is 3.14. The number of nitrogens with zero attached hydrogens (tertiary/aromatic N) is 1. The molecule has 0 saturated heterocycles. The highest BCUT2D eigenvalue weighted by molar-refractivity contribution is 5.96. The summed E-state index contributed by atoms with van der Waals surface area (Å²) < 4.78 is 2.13. The molecule has 1 aromatic carbocycles. The lowest BCUT2D eigenvalue weighted by Gasteiger charge is -2.15. The van der Waals surface area contributed by atoms with Crippen LogP contribution in [-0.2, 0) is 0 Å². The zero-order valence-corrected chi connectivity index (χ0v) is 15.1. The van der Waals surface area contributed by atoms with Crippen LogP contribution in [-0.4, -0.2) is 28.7 Å². The molecule has 0 spiro atoms. The number of amides is 1. The standard InChI is InChI=1S/C20H28N2O2/c1-5-17(10-11-23)13-21-20(24)18-12-15(3)22(16(18)4)19-9-7-6-8-14(19)2/h6-9,12,17,23H,5,10-11,13H2,1-4H3,(H,21,24)/t17-/m0/s1. The van der Waals surface area contributed by atoms with Crippen LogP contribution >= 0.6 is 0 Å². The van der Waals surface area contributed by atoms with Gasteiger partial charge in [-0.05, 0) is 50.8 Å². The van der Waals surface area contributed by atoms with Crippen LogP contribution in [0.4, 0.5) is 0 Å². The average molecular weight is 328 g/mol. The van der Waals surface area contributed by atoms with Crippen molar-refractivity contribution in [3.8, 4) is 5.69 Å². The molecule has 1 aromatic heterocycles. The molecular formula is C20H28N2O2. The molecule has 0 saturated carbocycles. The maximum absolute atomic E-state index is 12.6. The predicted octanol–water partition coefficient (Wildman–Crippen LogP) is 3.54. The summed E-state index contributed by atoms with van der Waals surface area (Å²) in [7, 11) is 0. The summed E-state index contributed by atoms with van der Waals surface area (Å²) in [6.45, 7) is 8.93. The molecule has 4 nitrogen and oxygen atoms in total. The van der Waals surface area contributed by atoms with Crippen LogP contribution in [0, 0.1) is 26.7 Å². The second-order valence-corrected chi connectivity index (χ2v) is 6.40. The lowest BCUT2D eigenvalue weighted by Crippen LogP contribution is -2.29. The first-order valence-corrected chi connectivity index (χ1v) is 8.63. The van der Waals surface area contributed by atoms with Crippen LogP contribution < -0.4 is 5.32 Å². The Hall–Kier alpha value is -2.07. The Morgan fingerprint density at radius 3 is 2.58 bits per heavy atom. The number of nitrogens with one attached hydrogen (secondary N) is 1. The highest BCUT2D eigenvalue weighted by Crippen LogP contribution is 2.23. The minimum atomic E-state index is -0.0423. The van der Waals surface area contributed by atoms with Crippen LogP contribution in [0.15, 0.2) is 30.3 Å². The van der Waals surface area contributed by atoms with Gasteiger partial charge in [0.05, 0.1) is 5.56 Å². The lowest BCUT2D eigenvalue weighted by atomic mass is 10.0. The molecule has 0 fully saturated rings. The van der Waals surface area contributed by atoms with Crippen molar-refractivity contribution in [3.05, 3.63) is 52.8 Å². The van der Waals surface area contributed by atoms with E-state index in [1.807, 2.05) is 32.0 Å². The molecule has 2 rings (SSSR count). The molecule has 0 aliphatic carbocycles. The first-order valence-electron chi connectivity index (χ1n) is 8.63. The van der Waals surface area contributed by atoms with Gasteiger partial charge in [0.1, 0.15) is 0 Å². The van der Waals surface area contributed by atoms with Gasteiger partial charge in [-0.25, -0.2) is 0 Å². The van der Waals surface area contributed by atoms with E-state index in [1.165, 1.54) is 5.56 Å². The first-order chi connectivity index (χ1) is 11.5. The van der Waals surface area contributed by atoms with Crippen molar-refractivity contribution < 1.29 is 9.90 Å². The summed E-state index contributed by atoms with van der Waals surface area (Å²) in [6, 6.07) is 10.1. The minimum Gasteiger partial charge on any atom is -0.396 e. The molecule has 0 bridgehead atoms. The Labute approximate surface area is 144 Å². The minimum absolute atomic E-state index is 0.0423. The first kappa shape index (κ1) is 18.3. The number of hydrogen-bond acceptors (Lipinski definition) is 2. The number of carbonyl (C=O) groups is 1. The Balaban J connectivity index is 2.22. The number of rotatable bonds is 7. The molecule has 4 heteroatoms. The number of aromatic nitrogens is 1. The van der Waals surface area contributed by atoms with Gasteiger partial charge in [0.15, 0.2) is 0 Å². The van der Waals surface area contributed by atoms with Crippen molar-refractivity contribution in [1.29, 1.82) is 0 Å². The van der Waals surface area contributed by atoms with Gasteiger partial charge in [0.25, 0.3) is 5.91 Å². The fourth-order valence-electron chi connectivity index (χ4n) is 3.14. The molecule has 0 aliphatic heterocycles. The van der Waals surface area contributed by atoms with Crippen molar-refractivity contribution in [3.63, 3.8) is 0 Å². The van der Waals surface area contributed by atoms with Crippen molar-refractivity contribution >= 4 is 5.91 Å². The van der Waals surface area contributed by atoms with E-state index in [0.29, 0.717) is 12.5 Å². The predicted molar refractivity (Wildman–Crippen MR) is 97.8 cm³/mol. The van der Waals surface area contributed by atoms with Gasteiger partial charge < -0.3 is 15.0 Å².